The van der Waals surface area contributed by atoms with Gasteiger partial charge >= 0.3 is 0 Å². The minimum atomic E-state index is -0.0752. The molecule has 5 nitrogen and oxygen atoms in total. The van der Waals surface area contributed by atoms with Crippen LogP contribution in [0.3, 0.4) is 0 Å². The fourth-order valence-corrected chi connectivity index (χ4v) is 1.22. The Bertz CT molecular complexity index is 358. The van der Waals surface area contributed by atoms with Gasteiger partial charge in [-0.1, -0.05) is 23.2 Å². The molecule has 0 aromatic carbocycles. The van der Waals surface area contributed by atoms with Gasteiger partial charge in [0.25, 0.3) is 0 Å². The van der Waals surface area contributed by atoms with Crippen LogP contribution in [0.5, 0.6) is 0 Å². The lowest BCUT2D eigenvalue weighted by molar-refractivity contribution is -0.118. The first-order valence-electron chi connectivity index (χ1n) is 4.26. The smallest absolute Gasteiger partial charge is 0.216 e. The summed E-state index contributed by atoms with van der Waals surface area (Å²) in [6, 6.07) is 1.57. The number of halogens is 2. The van der Waals surface area contributed by atoms with Gasteiger partial charge in [-0.2, -0.15) is 0 Å². The van der Waals surface area contributed by atoms with Crippen molar-refractivity contribution in [2.24, 2.45) is 0 Å². The lowest BCUT2D eigenvalue weighted by atomic mass is 10.4. The number of hydrogen-bond donors (Lipinski definition) is 2. The van der Waals surface area contributed by atoms with Crippen molar-refractivity contribution in [3.8, 4) is 0 Å². The molecule has 15 heavy (non-hydrogen) atoms. The van der Waals surface area contributed by atoms with E-state index in [0.29, 0.717) is 18.8 Å². The van der Waals surface area contributed by atoms with Crippen LogP contribution >= 0.6 is 23.2 Å². The fraction of sp³-hybridized carbons (Fsp3) is 0.375. The van der Waals surface area contributed by atoms with E-state index in [4.69, 9.17) is 23.2 Å². The molecule has 1 heterocycles. The van der Waals surface area contributed by atoms with E-state index in [-0.39, 0.29) is 16.2 Å². The van der Waals surface area contributed by atoms with Crippen molar-refractivity contribution in [2.45, 2.75) is 6.92 Å². The number of nitrogens with one attached hydrogen (secondary N) is 2. The Morgan fingerprint density at radius 2 is 2.13 bits per heavy atom. The molecule has 0 saturated carbocycles. The summed E-state index contributed by atoms with van der Waals surface area (Å²) in [5.41, 5.74) is 0.599. The maximum Gasteiger partial charge on any atom is 0.216 e. The summed E-state index contributed by atoms with van der Waals surface area (Å²) in [6.07, 6.45) is 0. The lowest BCUT2D eigenvalue weighted by Gasteiger charge is -2.07. The van der Waals surface area contributed by atoms with Crippen LogP contribution in [0.25, 0.3) is 0 Å². The van der Waals surface area contributed by atoms with Gasteiger partial charge in [-0.05, 0) is 0 Å². The number of nitrogens with zero attached hydrogens (tertiary/aromatic N) is 2. The summed E-state index contributed by atoms with van der Waals surface area (Å²) >= 11 is 11.4. The van der Waals surface area contributed by atoms with Crippen molar-refractivity contribution in [1.82, 2.24) is 15.5 Å². The van der Waals surface area contributed by atoms with Crippen LogP contribution < -0.4 is 10.6 Å². The number of amides is 1. The van der Waals surface area contributed by atoms with Crippen molar-refractivity contribution < 1.29 is 4.79 Å². The van der Waals surface area contributed by atoms with Crippen molar-refractivity contribution >= 4 is 34.8 Å². The van der Waals surface area contributed by atoms with Gasteiger partial charge in [-0.25, -0.2) is 0 Å². The van der Waals surface area contributed by atoms with Gasteiger partial charge in [0, 0.05) is 26.1 Å². The third kappa shape index (κ3) is 4.31. The second-order valence-electron chi connectivity index (χ2n) is 2.78. The molecule has 0 unspecified atom stereocenters. The highest BCUT2D eigenvalue weighted by Crippen LogP contribution is 2.20. The van der Waals surface area contributed by atoms with Crippen LogP contribution in [0.15, 0.2) is 6.07 Å². The third-order valence-electron chi connectivity index (χ3n) is 1.53. The van der Waals surface area contributed by atoms with Crippen LogP contribution in [0.1, 0.15) is 6.92 Å². The van der Waals surface area contributed by atoms with Gasteiger partial charge in [-0.3, -0.25) is 4.79 Å². The third-order valence-corrected chi connectivity index (χ3v) is 2.00. The van der Waals surface area contributed by atoms with Crippen LogP contribution in [0.2, 0.25) is 10.3 Å². The highest BCUT2D eigenvalue weighted by molar-refractivity contribution is 6.33. The summed E-state index contributed by atoms with van der Waals surface area (Å²) in [6.45, 7) is 2.50. The monoisotopic (exact) mass is 248 g/mol. The van der Waals surface area contributed by atoms with E-state index < -0.39 is 0 Å². The molecule has 0 aliphatic rings. The first-order chi connectivity index (χ1) is 7.09. The van der Waals surface area contributed by atoms with E-state index in [0.717, 1.165) is 0 Å². The average molecular weight is 249 g/mol. The van der Waals surface area contributed by atoms with Gasteiger partial charge in [0.05, 0.1) is 5.69 Å². The molecule has 0 fully saturated rings. The largest absolute Gasteiger partial charge is 0.381 e. The van der Waals surface area contributed by atoms with Crippen molar-refractivity contribution in [3.05, 3.63) is 16.4 Å². The first-order valence-corrected chi connectivity index (χ1v) is 5.02. The summed E-state index contributed by atoms with van der Waals surface area (Å²) in [5.74, 6) is -0.0752. The molecule has 2 N–H and O–H groups in total. The molecule has 0 saturated heterocycles. The molecule has 1 aromatic rings. The highest BCUT2D eigenvalue weighted by atomic mass is 35.5. The molecule has 7 heteroatoms. The van der Waals surface area contributed by atoms with Gasteiger partial charge in [0.2, 0.25) is 5.91 Å². The minimum Gasteiger partial charge on any atom is -0.381 e. The zero-order valence-corrected chi connectivity index (χ0v) is 9.56. The molecule has 1 rings (SSSR count). The second-order valence-corrected chi connectivity index (χ2v) is 3.53. The first kappa shape index (κ1) is 12.0. The normalized spacial score (nSPS) is 9.80. The van der Waals surface area contributed by atoms with E-state index in [1.165, 1.54) is 6.92 Å². The molecule has 0 atom stereocenters. The van der Waals surface area contributed by atoms with Gasteiger partial charge in [-0.15, -0.1) is 10.2 Å². The quantitative estimate of drug-likeness (QED) is 0.790. The Kier molecular flexibility index (Phi) is 4.58. The summed E-state index contributed by atoms with van der Waals surface area (Å²) in [4.78, 5) is 10.6. The van der Waals surface area contributed by atoms with E-state index >= 15 is 0 Å². The molecular weight excluding hydrogens is 239 g/mol. The number of aromatic nitrogens is 2. The lowest BCUT2D eigenvalue weighted by Crippen LogP contribution is -2.26. The van der Waals surface area contributed by atoms with Crippen molar-refractivity contribution in [2.75, 3.05) is 18.4 Å². The molecule has 0 radical (unpaired) electrons. The van der Waals surface area contributed by atoms with Crippen molar-refractivity contribution in [3.63, 3.8) is 0 Å². The van der Waals surface area contributed by atoms with Crippen LogP contribution in [-0.4, -0.2) is 29.2 Å². The predicted octanol–water partition coefficient (Wildman–Crippen LogP) is 1.33. The second kappa shape index (κ2) is 5.72. The summed E-state index contributed by atoms with van der Waals surface area (Å²) in [7, 11) is 0. The zero-order valence-electron chi connectivity index (χ0n) is 8.05. The fourth-order valence-electron chi connectivity index (χ4n) is 0.913. The van der Waals surface area contributed by atoms with E-state index in [9.17, 15) is 4.79 Å². The molecule has 0 aliphatic carbocycles. The Morgan fingerprint density at radius 3 is 2.80 bits per heavy atom. The molecule has 0 spiro atoms. The van der Waals surface area contributed by atoms with Crippen LogP contribution in [-0.2, 0) is 4.79 Å². The van der Waals surface area contributed by atoms with E-state index in [1.54, 1.807) is 6.07 Å². The Hall–Kier alpha value is -1.07. The molecular formula is C8H10Cl2N4O. The van der Waals surface area contributed by atoms with Gasteiger partial charge < -0.3 is 10.6 Å². The number of carbonyl (C=O) groups is 1. The maximum atomic E-state index is 10.6. The highest BCUT2D eigenvalue weighted by Gasteiger charge is 2.02. The Labute approximate surface area is 97.2 Å². The molecule has 0 aliphatic heterocycles. The van der Waals surface area contributed by atoms with E-state index in [2.05, 4.69) is 20.8 Å². The topological polar surface area (TPSA) is 66.9 Å². The number of hydrogen-bond acceptors (Lipinski definition) is 4. The van der Waals surface area contributed by atoms with Crippen LogP contribution in [0.4, 0.5) is 5.69 Å². The molecule has 1 aromatic heterocycles. The summed E-state index contributed by atoms with van der Waals surface area (Å²) < 4.78 is 0. The van der Waals surface area contributed by atoms with Crippen LogP contribution in [0, 0.1) is 0 Å². The standard InChI is InChI=1S/C8H10Cl2N4O/c1-5(15)11-2-3-12-6-4-7(9)13-14-8(6)10/h4H,2-3H2,1H3,(H,11,15)(H,12,13). The number of rotatable bonds is 4. The minimum absolute atomic E-state index is 0.0752. The molecule has 1 amide bonds. The summed E-state index contributed by atoms with van der Waals surface area (Å²) in [5, 5.41) is 13.3. The Balaban J connectivity index is 2.43. The van der Waals surface area contributed by atoms with Gasteiger partial charge in [0.1, 0.15) is 0 Å². The van der Waals surface area contributed by atoms with Gasteiger partial charge in [0.15, 0.2) is 10.3 Å². The SMILES string of the molecule is CC(=O)NCCNc1cc(Cl)nnc1Cl. The molecule has 82 valence electrons. The number of carbonyl (C=O) groups excluding carboxylic acids is 1. The zero-order chi connectivity index (χ0) is 11.3. The average Bonchev–Trinajstić information content (AvgIpc) is 2.17. The van der Waals surface area contributed by atoms with E-state index in [1.807, 2.05) is 0 Å². The number of anilines is 1. The predicted molar refractivity (Wildman–Crippen MR) is 59.2 cm³/mol. The van der Waals surface area contributed by atoms with Crippen molar-refractivity contribution in [1.29, 1.82) is 0 Å². The maximum absolute atomic E-state index is 10.6. The molecule has 0 bridgehead atoms. The Morgan fingerprint density at radius 1 is 1.40 bits per heavy atom.